The van der Waals surface area contributed by atoms with E-state index in [0.29, 0.717) is 12.5 Å². The topological polar surface area (TPSA) is 88.8 Å². The van der Waals surface area contributed by atoms with Gasteiger partial charge in [0, 0.05) is 55.0 Å². The number of nitrogens with zero attached hydrogens (tertiary/aromatic N) is 6. The Morgan fingerprint density at radius 3 is 2.55 bits per heavy atom. The van der Waals surface area contributed by atoms with E-state index in [1.54, 1.807) is 17.3 Å². The van der Waals surface area contributed by atoms with Crippen LogP contribution in [-0.4, -0.2) is 48.9 Å². The summed E-state index contributed by atoms with van der Waals surface area (Å²) in [5.74, 6) is 1.28. The number of carbonyl (C=O) groups is 1. The molecular weight excluding hydrogens is 414 g/mol. The third-order valence-corrected chi connectivity index (χ3v) is 6.08. The zero-order valence-electron chi connectivity index (χ0n) is 19.1. The Hall–Kier alpha value is -4.07. The van der Waals surface area contributed by atoms with E-state index >= 15 is 0 Å². The number of hydrogen-bond donors (Lipinski definition) is 1. The molecule has 1 amide bonds. The van der Waals surface area contributed by atoms with Gasteiger partial charge in [0.2, 0.25) is 5.95 Å². The van der Waals surface area contributed by atoms with Crippen molar-refractivity contribution in [1.29, 1.82) is 0 Å². The highest BCUT2D eigenvalue weighted by atomic mass is 16.2. The molecule has 3 aromatic heterocycles. The molecule has 166 valence electrons. The first-order chi connectivity index (χ1) is 15.9. The normalized spacial score (nSPS) is 13.2. The minimum Gasteiger partial charge on any atom is -0.339 e. The van der Waals surface area contributed by atoms with Crippen LogP contribution >= 0.6 is 0 Å². The maximum absolute atomic E-state index is 12.8. The maximum atomic E-state index is 12.8. The molecular formula is C25H25N7O. The van der Waals surface area contributed by atoms with Crippen molar-refractivity contribution in [2.45, 2.75) is 27.3 Å². The number of amides is 1. The average Bonchev–Trinajstić information content (AvgIpc) is 3.07. The lowest BCUT2D eigenvalue weighted by Crippen LogP contribution is -2.37. The molecule has 4 heterocycles. The molecule has 4 aromatic rings. The van der Waals surface area contributed by atoms with Gasteiger partial charge in [-0.15, -0.1) is 0 Å². The Labute approximate surface area is 192 Å². The molecule has 0 bridgehead atoms. The van der Waals surface area contributed by atoms with E-state index in [-0.39, 0.29) is 5.91 Å². The van der Waals surface area contributed by atoms with Crippen molar-refractivity contribution in [1.82, 2.24) is 29.4 Å². The second kappa shape index (κ2) is 8.12. The fourth-order valence-corrected chi connectivity index (χ4v) is 4.42. The molecule has 0 saturated heterocycles. The molecule has 0 unspecified atom stereocenters. The van der Waals surface area contributed by atoms with E-state index in [1.807, 2.05) is 64.2 Å². The molecule has 0 aliphatic carbocycles. The molecule has 0 radical (unpaired) electrons. The van der Waals surface area contributed by atoms with Crippen molar-refractivity contribution >= 4 is 17.5 Å². The Balaban J connectivity index is 1.48. The highest BCUT2D eigenvalue weighted by Gasteiger charge is 2.29. The van der Waals surface area contributed by atoms with Crippen LogP contribution in [0.1, 0.15) is 27.6 Å². The minimum absolute atomic E-state index is 0.0530. The second-order valence-corrected chi connectivity index (χ2v) is 8.27. The van der Waals surface area contributed by atoms with Crippen LogP contribution in [0, 0.1) is 20.8 Å². The van der Waals surface area contributed by atoms with Gasteiger partial charge in [-0.1, -0.05) is 12.1 Å². The monoisotopic (exact) mass is 439 g/mol. The van der Waals surface area contributed by atoms with E-state index in [9.17, 15) is 4.79 Å². The standard InChI is InChI=1S/C25H25N7O/c1-15-22(16(2)32-13-12-31(4)24(33)23(15)32)21-9-11-27-25(30-21)29-19-7-5-6-18(14-19)20-8-10-26-17(3)28-20/h5-11,14H,12-13H2,1-4H3,(H,27,29,30). The smallest absolute Gasteiger partial charge is 0.270 e. The molecule has 8 heteroatoms. The van der Waals surface area contributed by atoms with Gasteiger partial charge in [0.05, 0.1) is 11.4 Å². The molecule has 0 spiro atoms. The summed E-state index contributed by atoms with van der Waals surface area (Å²) in [5, 5.41) is 3.31. The number of benzene rings is 1. The lowest BCUT2D eigenvalue weighted by molar-refractivity contribution is 0.0747. The van der Waals surface area contributed by atoms with Gasteiger partial charge in [-0.25, -0.2) is 19.9 Å². The fraction of sp³-hybridized carbons (Fsp3) is 0.240. The number of aromatic nitrogens is 5. The summed E-state index contributed by atoms with van der Waals surface area (Å²) in [6.07, 6.45) is 3.50. The summed E-state index contributed by atoms with van der Waals surface area (Å²) in [6, 6.07) is 11.7. The van der Waals surface area contributed by atoms with Crippen molar-refractivity contribution in [2.24, 2.45) is 0 Å². The lowest BCUT2D eigenvalue weighted by atomic mass is 10.1. The number of fused-ring (bicyclic) bond motifs is 1. The van der Waals surface area contributed by atoms with Crippen LogP contribution in [0.5, 0.6) is 0 Å². The fourth-order valence-electron chi connectivity index (χ4n) is 4.42. The quantitative estimate of drug-likeness (QED) is 0.514. The summed E-state index contributed by atoms with van der Waals surface area (Å²) in [5.41, 5.74) is 7.24. The van der Waals surface area contributed by atoms with Crippen LogP contribution in [0.25, 0.3) is 22.5 Å². The predicted molar refractivity (Wildman–Crippen MR) is 127 cm³/mol. The van der Waals surface area contributed by atoms with Gasteiger partial charge in [-0.2, -0.15) is 0 Å². The lowest BCUT2D eigenvalue weighted by Gasteiger charge is -2.25. The van der Waals surface area contributed by atoms with Gasteiger partial charge in [0.1, 0.15) is 11.5 Å². The highest BCUT2D eigenvalue weighted by Crippen LogP contribution is 2.33. The van der Waals surface area contributed by atoms with E-state index in [2.05, 4.69) is 24.8 Å². The Morgan fingerprint density at radius 2 is 1.73 bits per heavy atom. The van der Waals surface area contributed by atoms with Crippen LogP contribution in [0.2, 0.25) is 0 Å². The highest BCUT2D eigenvalue weighted by molar-refractivity contribution is 5.97. The number of hydrogen-bond acceptors (Lipinski definition) is 6. The van der Waals surface area contributed by atoms with Crippen molar-refractivity contribution in [2.75, 3.05) is 18.9 Å². The largest absolute Gasteiger partial charge is 0.339 e. The van der Waals surface area contributed by atoms with E-state index in [1.165, 1.54) is 0 Å². The number of aryl methyl sites for hydroxylation is 1. The molecule has 33 heavy (non-hydrogen) atoms. The second-order valence-electron chi connectivity index (χ2n) is 8.27. The number of anilines is 2. The maximum Gasteiger partial charge on any atom is 0.270 e. The number of likely N-dealkylation sites (N-methyl/N-ethyl adjacent to an activating group) is 1. The van der Waals surface area contributed by atoms with Crippen molar-refractivity contribution in [3.63, 3.8) is 0 Å². The van der Waals surface area contributed by atoms with Crippen LogP contribution < -0.4 is 5.32 Å². The van der Waals surface area contributed by atoms with Gasteiger partial charge in [-0.3, -0.25) is 4.79 Å². The van der Waals surface area contributed by atoms with Crippen molar-refractivity contribution in [3.8, 4) is 22.5 Å². The van der Waals surface area contributed by atoms with Crippen LogP contribution in [0.3, 0.4) is 0 Å². The summed E-state index contributed by atoms with van der Waals surface area (Å²) in [7, 11) is 1.84. The van der Waals surface area contributed by atoms with Gasteiger partial charge < -0.3 is 14.8 Å². The van der Waals surface area contributed by atoms with Crippen molar-refractivity contribution in [3.05, 3.63) is 71.6 Å². The first-order valence-corrected chi connectivity index (χ1v) is 10.9. The Kier molecular flexibility index (Phi) is 5.12. The number of carbonyl (C=O) groups excluding carboxylic acids is 1. The van der Waals surface area contributed by atoms with Crippen molar-refractivity contribution < 1.29 is 4.79 Å². The molecule has 0 atom stereocenters. The minimum atomic E-state index is 0.0530. The number of nitrogens with one attached hydrogen (secondary N) is 1. The zero-order chi connectivity index (χ0) is 23.1. The Bertz CT molecular complexity index is 1380. The van der Waals surface area contributed by atoms with Crippen LogP contribution in [0.15, 0.2) is 48.8 Å². The van der Waals surface area contributed by atoms with E-state index < -0.39 is 0 Å². The first kappa shape index (κ1) is 20.8. The summed E-state index contributed by atoms with van der Waals surface area (Å²) < 4.78 is 2.11. The van der Waals surface area contributed by atoms with Gasteiger partial charge in [0.25, 0.3) is 5.91 Å². The molecule has 1 aliphatic rings. The molecule has 1 aromatic carbocycles. The summed E-state index contributed by atoms with van der Waals surface area (Å²) in [6.45, 7) is 7.41. The molecule has 1 N–H and O–H groups in total. The summed E-state index contributed by atoms with van der Waals surface area (Å²) in [4.78, 5) is 32.4. The summed E-state index contributed by atoms with van der Waals surface area (Å²) >= 11 is 0. The molecule has 5 rings (SSSR count). The zero-order valence-corrected chi connectivity index (χ0v) is 19.1. The van der Waals surface area contributed by atoms with E-state index in [0.717, 1.165) is 57.5 Å². The van der Waals surface area contributed by atoms with Crippen LogP contribution in [0.4, 0.5) is 11.6 Å². The third kappa shape index (κ3) is 3.73. The van der Waals surface area contributed by atoms with E-state index in [4.69, 9.17) is 4.98 Å². The van der Waals surface area contributed by atoms with Gasteiger partial charge in [0.15, 0.2) is 0 Å². The van der Waals surface area contributed by atoms with Gasteiger partial charge in [-0.05, 0) is 50.6 Å². The molecule has 1 aliphatic heterocycles. The Morgan fingerprint density at radius 1 is 0.939 bits per heavy atom. The van der Waals surface area contributed by atoms with Gasteiger partial charge >= 0.3 is 0 Å². The third-order valence-electron chi connectivity index (χ3n) is 6.08. The predicted octanol–water partition coefficient (Wildman–Crippen LogP) is 4.16. The average molecular weight is 440 g/mol. The number of rotatable bonds is 4. The molecule has 8 nitrogen and oxygen atoms in total. The molecule has 0 fully saturated rings. The SMILES string of the molecule is Cc1nccc(-c2cccc(Nc3nccc(-c4c(C)c5n(c4C)CCN(C)C5=O)n3)c2)n1. The van der Waals surface area contributed by atoms with Crippen LogP contribution in [-0.2, 0) is 6.54 Å². The molecule has 0 saturated carbocycles. The first-order valence-electron chi connectivity index (χ1n) is 10.9.